The van der Waals surface area contributed by atoms with Crippen LogP contribution in [0.1, 0.15) is 28.8 Å². The van der Waals surface area contributed by atoms with Crippen molar-refractivity contribution in [2.45, 2.75) is 19.4 Å². The standard InChI is InChI=1S/C10H11ClO5/c1-6(12)15-5-7-3-8(4-11)16-9(7)10(13)14-2/h3H,4-5H2,1-2H3. The molecule has 0 aliphatic rings. The summed E-state index contributed by atoms with van der Waals surface area (Å²) in [6.45, 7) is 1.24. The molecule has 0 aliphatic heterocycles. The summed E-state index contributed by atoms with van der Waals surface area (Å²) in [5.74, 6) is -0.504. The van der Waals surface area contributed by atoms with Crippen LogP contribution in [0.3, 0.4) is 0 Å². The number of ether oxygens (including phenoxy) is 2. The summed E-state index contributed by atoms with van der Waals surface area (Å²) in [5, 5.41) is 0. The number of rotatable bonds is 4. The van der Waals surface area contributed by atoms with Gasteiger partial charge in [-0.2, -0.15) is 0 Å². The van der Waals surface area contributed by atoms with E-state index >= 15 is 0 Å². The molecule has 0 radical (unpaired) electrons. The van der Waals surface area contributed by atoms with Crippen molar-refractivity contribution in [1.29, 1.82) is 0 Å². The number of alkyl halides is 1. The van der Waals surface area contributed by atoms with Crippen molar-refractivity contribution >= 4 is 23.5 Å². The van der Waals surface area contributed by atoms with Crippen LogP contribution in [-0.4, -0.2) is 19.0 Å². The molecule has 1 rings (SSSR count). The van der Waals surface area contributed by atoms with Gasteiger partial charge in [-0.25, -0.2) is 4.79 Å². The molecule has 0 saturated heterocycles. The minimum atomic E-state index is -0.626. The predicted octanol–water partition coefficient (Wildman–Crippen LogP) is 1.87. The number of furan rings is 1. The van der Waals surface area contributed by atoms with E-state index in [1.807, 2.05) is 0 Å². The smallest absolute Gasteiger partial charge is 0.374 e. The van der Waals surface area contributed by atoms with Gasteiger partial charge in [-0.3, -0.25) is 4.79 Å². The fraction of sp³-hybridized carbons (Fsp3) is 0.400. The number of carbonyl (C=O) groups excluding carboxylic acids is 2. The van der Waals surface area contributed by atoms with Crippen LogP contribution in [0, 0.1) is 0 Å². The molecule has 0 amide bonds. The van der Waals surface area contributed by atoms with Crippen LogP contribution >= 0.6 is 11.6 Å². The number of carbonyl (C=O) groups is 2. The van der Waals surface area contributed by atoms with Gasteiger partial charge in [0.25, 0.3) is 0 Å². The first kappa shape index (κ1) is 12.6. The molecule has 0 N–H and O–H groups in total. The fourth-order valence-corrected chi connectivity index (χ4v) is 1.24. The Hall–Kier alpha value is -1.49. The van der Waals surface area contributed by atoms with Crippen molar-refractivity contribution in [2.24, 2.45) is 0 Å². The van der Waals surface area contributed by atoms with Gasteiger partial charge in [0.15, 0.2) is 0 Å². The Balaban J connectivity index is 2.91. The van der Waals surface area contributed by atoms with Crippen LogP contribution in [0.25, 0.3) is 0 Å². The average molecular weight is 247 g/mol. The number of hydrogen-bond donors (Lipinski definition) is 0. The molecule has 1 aromatic heterocycles. The van der Waals surface area contributed by atoms with Crippen LogP contribution in [0.5, 0.6) is 0 Å². The van der Waals surface area contributed by atoms with E-state index in [1.54, 1.807) is 6.07 Å². The Labute approximate surface area is 97.3 Å². The first-order valence-corrected chi connectivity index (χ1v) is 5.01. The van der Waals surface area contributed by atoms with Crippen LogP contribution in [0.4, 0.5) is 0 Å². The molecule has 88 valence electrons. The minimum absolute atomic E-state index is 0.0133. The molecule has 1 aromatic rings. The van der Waals surface area contributed by atoms with Crippen LogP contribution < -0.4 is 0 Å². The van der Waals surface area contributed by atoms with Gasteiger partial charge in [0.1, 0.15) is 12.4 Å². The molecule has 16 heavy (non-hydrogen) atoms. The topological polar surface area (TPSA) is 65.7 Å². The zero-order chi connectivity index (χ0) is 12.1. The molecule has 0 bridgehead atoms. The molecule has 0 aromatic carbocycles. The van der Waals surface area contributed by atoms with Gasteiger partial charge in [0.2, 0.25) is 5.76 Å². The van der Waals surface area contributed by atoms with E-state index in [4.69, 9.17) is 20.8 Å². The summed E-state index contributed by atoms with van der Waals surface area (Å²) in [6.07, 6.45) is 0. The van der Waals surface area contributed by atoms with E-state index < -0.39 is 11.9 Å². The minimum Gasteiger partial charge on any atom is -0.463 e. The van der Waals surface area contributed by atoms with Crippen molar-refractivity contribution in [2.75, 3.05) is 7.11 Å². The molecule has 6 heteroatoms. The molecule has 0 unspecified atom stereocenters. The molecular weight excluding hydrogens is 236 g/mol. The Morgan fingerprint density at radius 1 is 1.50 bits per heavy atom. The highest BCUT2D eigenvalue weighted by Gasteiger charge is 2.19. The Bertz CT molecular complexity index is 396. The van der Waals surface area contributed by atoms with E-state index in [0.717, 1.165) is 0 Å². The highest BCUT2D eigenvalue weighted by atomic mass is 35.5. The Kier molecular flexibility index (Phi) is 4.37. The molecule has 0 atom stereocenters. The third-order valence-corrected chi connectivity index (χ3v) is 2.06. The SMILES string of the molecule is COC(=O)c1oc(CCl)cc1COC(C)=O. The first-order valence-electron chi connectivity index (χ1n) is 4.47. The van der Waals surface area contributed by atoms with Gasteiger partial charge >= 0.3 is 11.9 Å². The van der Waals surface area contributed by atoms with Gasteiger partial charge in [-0.15, -0.1) is 11.6 Å². The zero-order valence-corrected chi connectivity index (χ0v) is 9.67. The second-order valence-electron chi connectivity index (χ2n) is 2.97. The first-order chi connectivity index (χ1) is 7.58. The zero-order valence-electron chi connectivity index (χ0n) is 8.91. The van der Waals surface area contributed by atoms with Crippen LogP contribution in [0.15, 0.2) is 10.5 Å². The fourth-order valence-electron chi connectivity index (χ4n) is 1.10. The summed E-state index contributed by atoms with van der Waals surface area (Å²) >= 11 is 5.57. The van der Waals surface area contributed by atoms with Crippen molar-refractivity contribution in [3.63, 3.8) is 0 Å². The van der Waals surface area contributed by atoms with Gasteiger partial charge < -0.3 is 13.9 Å². The van der Waals surface area contributed by atoms with Crippen molar-refractivity contribution in [1.82, 2.24) is 0 Å². The monoisotopic (exact) mass is 246 g/mol. The van der Waals surface area contributed by atoms with Gasteiger partial charge in [-0.1, -0.05) is 0 Å². The maximum Gasteiger partial charge on any atom is 0.374 e. The molecule has 0 fully saturated rings. The summed E-state index contributed by atoms with van der Waals surface area (Å²) in [5.41, 5.74) is 0.442. The third kappa shape index (κ3) is 3.00. The quantitative estimate of drug-likeness (QED) is 0.599. The summed E-state index contributed by atoms with van der Waals surface area (Å²) in [6, 6.07) is 1.56. The predicted molar refractivity (Wildman–Crippen MR) is 55.1 cm³/mol. The molecule has 0 aliphatic carbocycles. The second-order valence-corrected chi connectivity index (χ2v) is 3.24. The lowest BCUT2D eigenvalue weighted by molar-refractivity contribution is -0.142. The molecule has 5 nitrogen and oxygen atoms in total. The number of methoxy groups -OCH3 is 1. The van der Waals surface area contributed by atoms with E-state index in [1.165, 1.54) is 14.0 Å². The van der Waals surface area contributed by atoms with E-state index in [0.29, 0.717) is 11.3 Å². The highest BCUT2D eigenvalue weighted by Crippen LogP contribution is 2.19. The van der Waals surface area contributed by atoms with Gasteiger partial charge in [-0.05, 0) is 6.07 Å². The van der Waals surface area contributed by atoms with Crippen LogP contribution in [0.2, 0.25) is 0 Å². The largest absolute Gasteiger partial charge is 0.463 e. The van der Waals surface area contributed by atoms with Crippen molar-refractivity contribution in [3.05, 3.63) is 23.2 Å². The van der Waals surface area contributed by atoms with Gasteiger partial charge in [0, 0.05) is 12.5 Å². The highest BCUT2D eigenvalue weighted by molar-refractivity contribution is 6.16. The Morgan fingerprint density at radius 2 is 2.19 bits per heavy atom. The summed E-state index contributed by atoms with van der Waals surface area (Å²) < 4.78 is 14.4. The lowest BCUT2D eigenvalue weighted by Gasteiger charge is -2.00. The second kappa shape index (κ2) is 5.55. The molecule has 0 saturated carbocycles. The normalized spacial score (nSPS) is 9.94. The number of esters is 2. The Morgan fingerprint density at radius 3 is 2.69 bits per heavy atom. The van der Waals surface area contributed by atoms with Crippen LogP contribution in [-0.2, 0) is 26.8 Å². The lowest BCUT2D eigenvalue weighted by Crippen LogP contribution is -2.05. The molecular formula is C10H11ClO5. The molecule has 1 heterocycles. The number of hydrogen-bond acceptors (Lipinski definition) is 5. The van der Waals surface area contributed by atoms with Gasteiger partial charge in [0.05, 0.1) is 13.0 Å². The lowest BCUT2D eigenvalue weighted by atomic mass is 10.2. The maximum atomic E-state index is 11.3. The molecule has 0 spiro atoms. The third-order valence-electron chi connectivity index (χ3n) is 1.79. The van der Waals surface area contributed by atoms with E-state index in [-0.39, 0.29) is 18.2 Å². The van der Waals surface area contributed by atoms with Crippen molar-refractivity contribution in [3.8, 4) is 0 Å². The van der Waals surface area contributed by atoms with Crippen molar-refractivity contribution < 1.29 is 23.5 Å². The number of halogens is 1. The summed E-state index contributed by atoms with van der Waals surface area (Å²) in [7, 11) is 1.24. The van der Waals surface area contributed by atoms with E-state index in [2.05, 4.69) is 4.74 Å². The average Bonchev–Trinajstić information content (AvgIpc) is 2.68. The summed E-state index contributed by atoms with van der Waals surface area (Å²) in [4.78, 5) is 22.0. The van der Waals surface area contributed by atoms with E-state index in [9.17, 15) is 9.59 Å². The maximum absolute atomic E-state index is 11.3.